The molecule has 0 heterocycles. The van der Waals surface area contributed by atoms with Gasteiger partial charge in [-0.05, 0) is 6.42 Å². The van der Waals surface area contributed by atoms with Crippen LogP contribution in [0.25, 0.3) is 0 Å². The highest BCUT2D eigenvalue weighted by atomic mass is 28.1. The molecular weight excluding hydrogens is 244 g/mol. The summed E-state index contributed by atoms with van der Waals surface area (Å²) in [4.78, 5) is 0. The van der Waals surface area contributed by atoms with E-state index in [4.69, 9.17) is 14.2 Å². The molecule has 0 aliphatic rings. The first-order chi connectivity index (χ1) is 8.74. The Morgan fingerprint density at radius 3 is 1.44 bits per heavy atom. The molecule has 0 N–H and O–H groups in total. The highest BCUT2D eigenvalue weighted by Gasteiger charge is 2.28. The van der Waals surface area contributed by atoms with Crippen molar-refractivity contribution in [2.45, 2.75) is 69.8 Å². The van der Waals surface area contributed by atoms with Crippen molar-refractivity contribution in [1.29, 1.82) is 0 Å². The molecule has 0 aliphatic heterocycles. The quantitative estimate of drug-likeness (QED) is 0.294. The molecule has 0 aromatic rings. The predicted octanol–water partition coefficient (Wildman–Crippen LogP) is 2.87. The molecule has 110 valence electrons. The lowest BCUT2D eigenvalue weighted by molar-refractivity contribution is -0.355. The normalized spacial score (nSPS) is 12.2. The number of unbranched alkanes of at least 4 members (excludes halogenated alkanes) is 7. The molecule has 4 heteroatoms. The summed E-state index contributed by atoms with van der Waals surface area (Å²) >= 11 is 0. The van der Waals surface area contributed by atoms with Crippen molar-refractivity contribution in [3.63, 3.8) is 0 Å². The average molecular weight is 276 g/mol. The van der Waals surface area contributed by atoms with Crippen LogP contribution in [0.5, 0.6) is 0 Å². The first-order valence-corrected chi connectivity index (χ1v) is 8.81. The molecule has 0 aliphatic carbocycles. The van der Waals surface area contributed by atoms with Gasteiger partial charge in [-0.3, -0.25) is 0 Å². The van der Waals surface area contributed by atoms with Crippen LogP contribution in [0.2, 0.25) is 6.04 Å². The maximum atomic E-state index is 5.27. The lowest BCUT2D eigenvalue weighted by Gasteiger charge is -2.28. The zero-order chi connectivity index (χ0) is 13.7. The summed E-state index contributed by atoms with van der Waals surface area (Å²) in [5.74, 6) is -0.828. The van der Waals surface area contributed by atoms with Gasteiger partial charge in [-0.1, -0.05) is 51.0 Å². The van der Waals surface area contributed by atoms with Crippen molar-refractivity contribution in [3.8, 4) is 0 Å². The van der Waals surface area contributed by atoms with Crippen LogP contribution in [-0.4, -0.2) is 37.5 Å². The number of rotatable bonds is 13. The Kier molecular flexibility index (Phi) is 12.2. The van der Waals surface area contributed by atoms with Crippen molar-refractivity contribution in [3.05, 3.63) is 0 Å². The topological polar surface area (TPSA) is 27.7 Å². The van der Waals surface area contributed by atoms with Crippen LogP contribution >= 0.6 is 0 Å². The molecule has 0 fully saturated rings. The minimum Gasteiger partial charge on any atom is -0.331 e. The van der Waals surface area contributed by atoms with E-state index in [1.54, 1.807) is 21.3 Å². The van der Waals surface area contributed by atoms with E-state index in [1.165, 1.54) is 61.2 Å². The molecule has 18 heavy (non-hydrogen) atoms. The number of methoxy groups -OCH3 is 3. The van der Waals surface area contributed by atoms with E-state index in [-0.39, 0.29) is 0 Å². The van der Waals surface area contributed by atoms with Gasteiger partial charge in [0.05, 0.1) is 0 Å². The van der Waals surface area contributed by atoms with Crippen molar-refractivity contribution < 1.29 is 14.2 Å². The summed E-state index contributed by atoms with van der Waals surface area (Å²) < 4.78 is 15.8. The number of hydrogen-bond donors (Lipinski definition) is 0. The molecule has 0 atom stereocenters. The molecule has 0 spiro atoms. The highest BCUT2D eigenvalue weighted by molar-refractivity contribution is 6.08. The molecule has 0 bridgehead atoms. The van der Waals surface area contributed by atoms with E-state index in [0.717, 1.165) is 12.8 Å². The average Bonchev–Trinajstić information content (AvgIpc) is 2.42. The van der Waals surface area contributed by atoms with Crippen LogP contribution in [-0.2, 0) is 14.2 Å². The Bertz CT molecular complexity index is 164. The van der Waals surface area contributed by atoms with Gasteiger partial charge >= 0.3 is 0 Å². The van der Waals surface area contributed by atoms with E-state index in [1.807, 2.05) is 0 Å². The zero-order valence-corrected chi connectivity index (χ0v) is 14.8. The second kappa shape index (κ2) is 12.1. The standard InChI is InChI=1S/C14H32O3Si/c1-15-14(16-2,17-3)12-10-8-6-4-5-7-9-11-13-18/h4-13H2,1-3,18H3. The van der Waals surface area contributed by atoms with Crippen LogP contribution in [0.3, 0.4) is 0 Å². The smallest absolute Gasteiger partial charge is 0.282 e. The second-order valence-corrected chi connectivity index (χ2v) is 5.87. The molecule has 0 rings (SSSR count). The van der Waals surface area contributed by atoms with E-state index >= 15 is 0 Å². The van der Waals surface area contributed by atoms with E-state index in [0.29, 0.717) is 0 Å². The first kappa shape index (κ1) is 18.1. The van der Waals surface area contributed by atoms with Gasteiger partial charge in [-0.25, -0.2) is 0 Å². The van der Waals surface area contributed by atoms with Gasteiger partial charge in [0.15, 0.2) is 0 Å². The monoisotopic (exact) mass is 276 g/mol. The van der Waals surface area contributed by atoms with Crippen LogP contribution in [0.1, 0.15) is 57.8 Å². The van der Waals surface area contributed by atoms with E-state index < -0.39 is 5.97 Å². The Hall–Kier alpha value is 0.0969. The lowest BCUT2D eigenvalue weighted by atomic mass is 10.1. The lowest BCUT2D eigenvalue weighted by Crippen LogP contribution is -2.35. The summed E-state index contributed by atoms with van der Waals surface area (Å²) in [6.07, 6.45) is 11.5. The summed E-state index contributed by atoms with van der Waals surface area (Å²) in [5, 5.41) is 0. The molecule has 0 saturated carbocycles. The zero-order valence-electron chi connectivity index (χ0n) is 12.8. The van der Waals surface area contributed by atoms with Crippen molar-refractivity contribution >= 4 is 10.2 Å². The SMILES string of the molecule is COC(CCCCCCCCCC[SiH3])(OC)OC. The van der Waals surface area contributed by atoms with E-state index in [2.05, 4.69) is 0 Å². The molecule has 0 radical (unpaired) electrons. The first-order valence-electron chi connectivity index (χ1n) is 7.40. The Labute approximate surface area is 116 Å². The summed E-state index contributed by atoms with van der Waals surface area (Å²) in [6, 6.07) is 1.47. The molecule has 0 aromatic carbocycles. The number of hydrogen-bond acceptors (Lipinski definition) is 3. The third kappa shape index (κ3) is 8.24. The molecule has 0 aromatic heterocycles. The van der Waals surface area contributed by atoms with Crippen molar-refractivity contribution in [2.75, 3.05) is 21.3 Å². The molecule has 0 amide bonds. The van der Waals surface area contributed by atoms with Crippen LogP contribution in [0, 0.1) is 0 Å². The second-order valence-electron chi connectivity index (χ2n) is 4.87. The fraction of sp³-hybridized carbons (Fsp3) is 1.00. The van der Waals surface area contributed by atoms with Crippen molar-refractivity contribution in [2.24, 2.45) is 0 Å². The fourth-order valence-electron chi connectivity index (χ4n) is 2.21. The molecule has 0 unspecified atom stereocenters. The highest BCUT2D eigenvalue weighted by Crippen LogP contribution is 2.21. The molecule has 3 nitrogen and oxygen atoms in total. The van der Waals surface area contributed by atoms with Gasteiger partial charge < -0.3 is 14.2 Å². The van der Waals surface area contributed by atoms with Crippen molar-refractivity contribution in [1.82, 2.24) is 0 Å². The van der Waals surface area contributed by atoms with Gasteiger partial charge in [0.25, 0.3) is 5.97 Å². The summed E-state index contributed by atoms with van der Waals surface area (Å²) in [7, 11) is 6.26. The summed E-state index contributed by atoms with van der Waals surface area (Å²) in [6.45, 7) is 0. The third-order valence-electron chi connectivity index (χ3n) is 3.52. The largest absolute Gasteiger partial charge is 0.331 e. The van der Waals surface area contributed by atoms with Crippen LogP contribution < -0.4 is 0 Å². The minimum absolute atomic E-state index is 0.803. The Balaban J connectivity index is 3.38. The Morgan fingerprint density at radius 2 is 1.06 bits per heavy atom. The summed E-state index contributed by atoms with van der Waals surface area (Å²) in [5.41, 5.74) is 0. The van der Waals surface area contributed by atoms with Gasteiger partial charge in [0.2, 0.25) is 0 Å². The van der Waals surface area contributed by atoms with E-state index in [9.17, 15) is 0 Å². The van der Waals surface area contributed by atoms with Gasteiger partial charge in [0, 0.05) is 38.0 Å². The van der Waals surface area contributed by atoms with Gasteiger partial charge in [-0.15, -0.1) is 0 Å². The van der Waals surface area contributed by atoms with Gasteiger partial charge in [0.1, 0.15) is 0 Å². The minimum atomic E-state index is -0.828. The Morgan fingerprint density at radius 1 is 0.667 bits per heavy atom. The van der Waals surface area contributed by atoms with Gasteiger partial charge in [-0.2, -0.15) is 0 Å². The fourth-order valence-corrected chi connectivity index (χ4v) is 2.71. The van der Waals surface area contributed by atoms with Crippen LogP contribution in [0.15, 0.2) is 0 Å². The molecular formula is C14H32O3Si. The third-order valence-corrected chi connectivity index (χ3v) is 4.23. The van der Waals surface area contributed by atoms with Crippen LogP contribution in [0.4, 0.5) is 0 Å². The maximum Gasteiger partial charge on any atom is 0.282 e. The predicted molar refractivity (Wildman–Crippen MR) is 80.1 cm³/mol. The number of ether oxygens (including phenoxy) is 3. The maximum absolute atomic E-state index is 5.27. The molecule has 0 saturated heterocycles.